The average molecular weight is 371 g/mol. The van der Waals surface area contributed by atoms with Gasteiger partial charge in [0.25, 0.3) is 0 Å². The second-order valence-electron chi connectivity index (χ2n) is 7.34. The van der Waals surface area contributed by atoms with Crippen molar-refractivity contribution in [3.63, 3.8) is 0 Å². The lowest BCUT2D eigenvalue weighted by atomic mass is 10.2. The highest BCUT2D eigenvalue weighted by Gasteiger charge is 2.29. The molecule has 1 atom stereocenters. The summed E-state index contributed by atoms with van der Waals surface area (Å²) >= 11 is 0. The molecule has 2 aliphatic rings. The normalized spacial score (nSPS) is 21.0. The van der Waals surface area contributed by atoms with Gasteiger partial charge in [-0.15, -0.1) is 0 Å². The Balaban J connectivity index is 1.28. The fourth-order valence-electron chi connectivity index (χ4n) is 4.07. The van der Waals surface area contributed by atoms with E-state index < -0.39 is 0 Å². The summed E-state index contributed by atoms with van der Waals surface area (Å²) < 4.78 is 15.0. The molecule has 2 aliphatic heterocycles. The molecule has 1 amide bonds. The third-order valence-corrected chi connectivity index (χ3v) is 5.62. The fraction of sp³-hybridized carbons (Fsp3) is 0.500. The Hall–Kier alpha value is -2.41. The van der Waals surface area contributed by atoms with Crippen molar-refractivity contribution in [1.29, 1.82) is 0 Å². The maximum absolute atomic E-state index is 13.1. The van der Waals surface area contributed by atoms with Crippen molar-refractivity contribution in [3.05, 3.63) is 48.5 Å². The van der Waals surface area contributed by atoms with Crippen molar-refractivity contribution < 1.29 is 9.18 Å². The fourth-order valence-corrected chi connectivity index (χ4v) is 4.07. The monoisotopic (exact) mass is 371 g/mol. The molecule has 1 aromatic heterocycles. The lowest BCUT2D eigenvalue weighted by molar-refractivity contribution is -0.133. The SMILES string of the molecule is O=C(CN1CCCC1Cn1cccn1)N1CCN(c2ccc(F)cc2)CC1. The lowest BCUT2D eigenvalue weighted by Gasteiger charge is -2.37. The van der Waals surface area contributed by atoms with Crippen LogP contribution in [0.25, 0.3) is 0 Å². The van der Waals surface area contributed by atoms with Crippen molar-refractivity contribution in [1.82, 2.24) is 19.6 Å². The topological polar surface area (TPSA) is 44.6 Å². The van der Waals surface area contributed by atoms with Crippen LogP contribution < -0.4 is 4.90 Å². The van der Waals surface area contributed by atoms with Gasteiger partial charge in [-0.3, -0.25) is 14.4 Å². The minimum absolute atomic E-state index is 0.209. The van der Waals surface area contributed by atoms with Crippen molar-refractivity contribution in [2.24, 2.45) is 0 Å². The van der Waals surface area contributed by atoms with E-state index in [2.05, 4.69) is 14.9 Å². The second-order valence-corrected chi connectivity index (χ2v) is 7.34. The number of benzene rings is 1. The zero-order chi connectivity index (χ0) is 18.6. The minimum Gasteiger partial charge on any atom is -0.368 e. The van der Waals surface area contributed by atoms with E-state index in [1.165, 1.54) is 12.1 Å². The number of anilines is 1. The first-order valence-electron chi connectivity index (χ1n) is 9.69. The van der Waals surface area contributed by atoms with Gasteiger partial charge in [0.1, 0.15) is 5.82 Å². The van der Waals surface area contributed by atoms with Gasteiger partial charge in [-0.1, -0.05) is 0 Å². The molecule has 2 aromatic rings. The molecule has 0 radical (unpaired) electrons. The Morgan fingerprint density at radius 2 is 1.89 bits per heavy atom. The summed E-state index contributed by atoms with van der Waals surface area (Å²) in [6, 6.07) is 8.90. The van der Waals surface area contributed by atoms with E-state index in [1.807, 2.05) is 21.8 Å². The zero-order valence-electron chi connectivity index (χ0n) is 15.5. The summed E-state index contributed by atoms with van der Waals surface area (Å²) in [5.74, 6) is -0.0102. The first-order chi connectivity index (χ1) is 13.2. The highest BCUT2D eigenvalue weighted by molar-refractivity contribution is 5.78. The number of piperazine rings is 1. The quantitative estimate of drug-likeness (QED) is 0.805. The van der Waals surface area contributed by atoms with Crippen LogP contribution in [0.15, 0.2) is 42.7 Å². The molecule has 3 heterocycles. The Morgan fingerprint density at radius 3 is 2.59 bits per heavy atom. The standard InChI is InChI=1S/C20H26FN5O/c21-17-4-6-18(7-5-17)23-11-13-24(14-12-23)20(27)16-25-9-1-3-19(25)15-26-10-2-8-22-26/h2,4-8,10,19H,1,3,9,11-16H2. The third-order valence-electron chi connectivity index (χ3n) is 5.62. The van der Waals surface area contributed by atoms with Crippen LogP contribution in [0.1, 0.15) is 12.8 Å². The Bertz CT molecular complexity index is 740. The number of halogens is 1. The number of nitrogens with zero attached hydrogens (tertiary/aromatic N) is 5. The van der Waals surface area contributed by atoms with Gasteiger partial charge in [-0.05, 0) is 49.7 Å². The molecule has 0 aliphatic carbocycles. The second kappa shape index (κ2) is 8.08. The number of carbonyl (C=O) groups excluding carboxylic acids is 1. The van der Waals surface area contributed by atoms with Gasteiger partial charge in [0.2, 0.25) is 5.91 Å². The Morgan fingerprint density at radius 1 is 1.11 bits per heavy atom. The number of likely N-dealkylation sites (tertiary alicyclic amines) is 1. The van der Waals surface area contributed by atoms with E-state index in [0.29, 0.717) is 25.7 Å². The number of aromatic nitrogens is 2. The highest BCUT2D eigenvalue weighted by Crippen LogP contribution is 2.20. The average Bonchev–Trinajstić information content (AvgIpc) is 3.35. The zero-order valence-corrected chi connectivity index (χ0v) is 15.5. The van der Waals surface area contributed by atoms with Crippen molar-refractivity contribution in [3.8, 4) is 0 Å². The molecule has 0 spiro atoms. The molecule has 1 aromatic carbocycles. The number of hydrogen-bond donors (Lipinski definition) is 0. The van der Waals surface area contributed by atoms with E-state index in [1.54, 1.807) is 18.3 Å². The highest BCUT2D eigenvalue weighted by atomic mass is 19.1. The number of carbonyl (C=O) groups is 1. The maximum atomic E-state index is 13.1. The van der Waals surface area contributed by atoms with Crippen molar-refractivity contribution in [2.45, 2.75) is 25.4 Å². The van der Waals surface area contributed by atoms with Crippen molar-refractivity contribution in [2.75, 3.05) is 44.2 Å². The number of amides is 1. The van der Waals surface area contributed by atoms with Crippen LogP contribution in [0.4, 0.5) is 10.1 Å². The third kappa shape index (κ3) is 4.30. The van der Waals surface area contributed by atoms with Crippen LogP contribution in [0.3, 0.4) is 0 Å². The summed E-state index contributed by atoms with van der Waals surface area (Å²) in [7, 11) is 0. The van der Waals surface area contributed by atoms with Gasteiger partial charge < -0.3 is 9.80 Å². The van der Waals surface area contributed by atoms with Gasteiger partial charge in [-0.25, -0.2) is 4.39 Å². The van der Waals surface area contributed by atoms with Gasteiger partial charge >= 0.3 is 0 Å². The predicted octanol–water partition coefficient (Wildman–Crippen LogP) is 1.84. The van der Waals surface area contributed by atoms with Crippen LogP contribution in [0.5, 0.6) is 0 Å². The molecular weight excluding hydrogens is 345 g/mol. The van der Waals surface area contributed by atoms with Crippen LogP contribution in [-0.4, -0.2) is 70.8 Å². The largest absolute Gasteiger partial charge is 0.368 e. The van der Waals surface area contributed by atoms with Gasteiger partial charge in [0.15, 0.2) is 0 Å². The van der Waals surface area contributed by atoms with Gasteiger partial charge in [0, 0.05) is 50.3 Å². The van der Waals surface area contributed by atoms with Crippen LogP contribution >= 0.6 is 0 Å². The molecule has 0 saturated carbocycles. The van der Waals surface area contributed by atoms with E-state index in [-0.39, 0.29) is 11.7 Å². The molecular formula is C20H26FN5O. The Kier molecular flexibility index (Phi) is 5.38. The van der Waals surface area contributed by atoms with Gasteiger partial charge in [0.05, 0.1) is 13.1 Å². The summed E-state index contributed by atoms with van der Waals surface area (Å²) in [5.41, 5.74) is 1.02. The summed E-state index contributed by atoms with van der Waals surface area (Å²) in [6.07, 6.45) is 6.03. The lowest BCUT2D eigenvalue weighted by Crippen LogP contribution is -2.52. The summed E-state index contributed by atoms with van der Waals surface area (Å²) in [6.45, 7) is 5.32. The molecule has 6 nitrogen and oxygen atoms in total. The number of hydrogen-bond acceptors (Lipinski definition) is 4. The van der Waals surface area contributed by atoms with Crippen molar-refractivity contribution >= 4 is 11.6 Å². The molecule has 4 rings (SSSR count). The van der Waals surface area contributed by atoms with E-state index in [4.69, 9.17) is 0 Å². The van der Waals surface area contributed by atoms with Crippen LogP contribution in [0.2, 0.25) is 0 Å². The molecule has 2 fully saturated rings. The minimum atomic E-state index is -0.220. The van der Waals surface area contributed by atoms with E-state index >= 15 is 0 Å². The molecule has 1 unspecified atom stereocenters. The molecule has 7 heteroatoms. The molecule has 0 bridgehead atoms. The first-order valence-corrected chi connectivity index (χ1v) is 9.69. The molecule has 144 valence electrons. The Labute approximate surface area is 159 Å². The molecule has 27 heavy (non-hydrogen) atoms. The smallest absolute Gasteiger partial charge is 0.236 e. The maximum Gasteiger partial charge on any atom is 0.236 e. The van der Waals surface area contributed by atoms with Gasteiger partial charge in [-0.2, -0.15) is 5.10 Å². The van der Waals surface area contributed by atoms with E-state index in [9.17, 15) is 9.18 Å². The number of rotatable bonds is 5. The molecule has 2 saturated heterocycles. The predicted molar refractivity (Wildman–Crippen MR) is 102 cm³/mol. The van der Waals surface area contributed by atoms with Crippen LogP contribution in [-0.2, 0) is 11.3 Å². The summed E-state index contributed by atoms with van der Waals surface area (Å²) in [5, 5.41) is 4.29. The van der Waals surface area contributed by atoms with E-state index in [0.717, 1.165) is 44.7 Å². The molecule has 0 N–H and O–H groups in total. The summed E-state index contributed by atoms with van der Waals surface area (Å²) in [4.78, 5) is 19.3. The van der Waals surface area contributed by atoms with Crippen LogP contribution in [0, 0.1) is 5.82 Å². The first kappa shape index (κ1) is 18.0.